The normalized spacial score (nSPS) is 30.3. The first-order valence-electron chi connectivity index (χ1n) is 6.71. The van der Waals surface area contributed by atoms with E-state index in [1.807, 2.05) is 0 Å². The predicted octanol–water partition coefficient (Wildman–Crippen LogP) is 1.78. The van der Waals surface area contributed by atoms with Gasteiger partial charge in [-0.25, -0.2) is 0 Å². The van der Waals surface area contributed by atoms with Crippen LogP contribution in [-0.4, -0.2) is 36.0 Å². The summed E-state index contributed by atoms with van der Waals surface area (Å²) in [5.74, 6) is 0.845. The molecule has 0 bridgehead atoms. The zero-order valence-corrected chi connectivity index (χ0v) is 10.5. The third kappa shape index (κ3) is 2.57. The average Bonchev–Trinajstić information content (AvgIpc) is 2.27. The lowest BCUT2D eigenvalue weighted by Crippen LogP contribution is -2.60. The van der Waals surface area contributed by atoms with Gasteiger partial charge in [-0.15, -0.1) is 0 Å². The minimum atomic E-state index is 0.369. The fourth-order valence-electron chi connectivity index (χ4n) is 3.03. The second kappa shape index (κ2) is 5.17. The quantitative estimate of drug-likeness (QED) is 0.775. The molecule has 2 fully saturated rings. The van der Waals surface area contributed by atoms with Crippen molar-refractivity contribution >= 4 is 5.91 Å². The maximum atomic E-state index is 12.2. The molecule has 3 nitrogen and oxygen atoms in total. The maximum Gasteiger partial charge on any atom is 0.223 e. The van der Waals surface area contributed by atoms with E-state index in [0.29, 0.717) is 30.3 Å². The summed E-state index contributed by atoms with van der Waals surface area (Å²) in [6, 6.07) is 1.05. The van der Waals surface area contributed by atoms with Gasteiger partial charge < -0.3 is 10.2 Å². The summed E-state index contributed by atoms with van der Waals surface area (Å²) in [6.45, 7) is 6.13. The smallest absolute Gasteiger partial charge is 0.223 e. The van der Waals surface area contributed by atoms with Gasteiger partial charge in [0.15, 0.2) is 0 Å². The molecule has 0 spiro atoms. The molecule has 0 aromatic rings. The third-order valence-electron chi connectivity index (χ3n) is 3.79. The molecule has 16 heavy (non-hydrogen) atoms. The van der Waals surface area contributed by atoms with Gasteiger partial charge in [-0.3, -0.25) is 4.79 Å². The SMILES string of the molecule is CC(C)CC(=O)N1CCNC2CCCCC21. The van der Waals surface area contributed by atoms with Crippen molar-refractivity contribution < 1.29 is 4.79 Å². The van der Waals surface area contributed by atoms with Gasteiger partial charge in [0.25, 0.3) is 0 Å². The van der Waals surface area contributed by atoms with Crippen LogP contribution in [0.1, 0.15) is 46.0 Å². The molecule has 92 valence electrons. The number of nitrogens with zero attached hydrogens (tertiary/aromatic N) is 1. The Bertz CT molecular complexity index is 250. The number of piperazine rings is 1. The van der Waals surface area contributed by atoms with Crippen molar-refractivity contribution in [2.45, 2.75) is 58.0 Å². The summed E-state index contributed by atoms with van der Waals surface area (Å²) in [7, 11) is 0. The Labute approximate surface area is 98.6 Å². The summed E-state index contributed by atoms with van der Waals surface area (Å²) in [6.07, 6.45) is 5.76. The van der Waals surface area contributed by atoms with Crippen molar-refractivity contribution in [3.05, 3.63) is 0 Å². The van der Waals surface area contributed by atoms with Gasteiger partial charge in [0.2, 0.25) is 5.91 Å². The average molecular weight is 224 g/mol. The Morgan fingerprint density at radius 2 is 2.12 bits per heavy atom. The molecule has 2 unspecified atom stereocenters. The fraction of sp³-hybridized carbons (Fsp3) is 0.923. The van der Waals surface area contributed by atoms with Gasteiger partial charge in [0.05, 0.1) is 0 Å². The van der Waals surface area contributed by atoms with Crippen molar-refractivity contribution in [2.24, 2.45) is 5.92 Å². The molecule has 1 amide bonds. The van der Waals surface area contributed by atoms with Crippen molar-refractivity contribution in [1.82, 2.24) is 10.2 Å². The molecule has 0 aromatic carbocycles. The highest BCUT2D eigenvalue weighted by Gasteiger charge is 2.35. The lowest BCUT2D eigenvalue weighted by molar-refractivity contribution is -0.137. The van der Waals surface area contributed by atoms with Crippen LogP contribution in [0.2, 0.25) is 0 Å². The van der Waals surface area contributed by atoms with Gasteiger partial charge in [0, 0.05) is 31.6 Å². The van der Waals surface area contributed by atoms with Gasteiger partial charge in [-0.2, -0.15) is 0 Å². The van der Waals surface area contributed by atoms with Gasteiger partial charge in [-0.1, -0.05) is 26.7 Å². The van der Waals surface area contributed by atoms with Crippen LogP contribution in [-0.2, 0) is 4.79 Å². The number of hydrogen-bond acceptors (Lipinski definition) is 2. The first-order chi connectivity index (χ1) is 7.68. The van der Waals surface area contributed by atoms with E-state index >= 15 is 0 Å². The topological polar surface area (TPSA) is 32.3 Å². The molecule has 0 aromatic heterocycles. The highest BCUT2D eigenvalue weighted by molar-refractivity contribution is 5.77. The van der Waals surface area contributed by atoms with Crippen molar-refractivity contribution in [1.29, 1.82) is 0 Å². The fourth-order valence-corrected chi connectivity index (χ4v) is 3.03. The number of nitrogens with one attached hydrogen (secondary N) is 1. The molecule has 1 heterocycles. The Kier molecular flexibility index (Phi) is 3.85. The summed E-state index contributed by atoms with van der Waals surface area (Å²) in [5.41, 5.74) is 0. The van der Waals surface area contributed by atoms with Crippen molar-refractivity contribution in [2.75, 3.05) is 13.1 Å². The number of amides is 1. The van der Waals surface area contributed by atoms with Crippen LogP contribution in [0.25, 0.3) is 0 Å². The highest BCUT2D eigenvalue weighted by atomic mass is 16.2. The summed E-state index contributed by atoms with van der Waals surface area (Å²) < 4.78 is 0. The first kappa shape index (κ1) is 11.9. The first-order valence-corrected chi connectivity index (χ1v) is 6.71. The maximum absolute atomic E-state index is 12.2. The number of fused-ring (bicyclic) bond motifs is 1. The molecule has 3 heteroatoms. The lowest BCUT2D eigenvalue weighted by atomic mass is 9.87. The van der Waals surface area contributed by atoms with Crippen LogP contribution in [0.5, 0.6) is 0 Å². The van der Waals surface area contributed by atoms with Gasteiger partial charge in [0.1, 0.15) is 0 Å². The molecule has 1 saturated heterocycles. The predicted molar refractivity (Wildman–Crippen MR) is 65.2 cm³/mol. The molecule has 2 rings (SSSR count). The van der Waals surface area contributed by atoms with Crippen molar-refractivity contribution in [3.63, 3.8) is 0 Å². The monoisotopic (exact) mass is 224 g/mol. The number of carbonyl (C=O) groups excluding carboxylic acids is 1. The minimum absolute atomic E-state index is 0.369. The van der Waals surface area contributed by atoms with Crippen LogP contribution in [0.15, 0.2) is 0 Å². The van der Waals surface area contributed by atoms with Crippen molar-refractivity contribution in [3.8, 4) is 0 Å². The summed E-state index contributed by atoms with van der Waals surface area (Å²) >= 11 is 0. The molecular formula is C13H24N2O. The van der Waals surface area contributed by atoms with E-state index in [1.54, 1.807) is 0 Å². The second-order valence-electron chi connectivity index (χ2n) is 5.60. The van der Waals surface area contributed by atoms with Crippen LogP contribution in [0, 0.1) is 5.92 Å². The molecule has 1 N–H and O–H groups in total. The molecule has 1 saturated carbocycles. The van der Waals surface area contributed by atoms with E-state index in [1.165, 1.54) is 25.7 Å². The molecule has 1 aliphatic heterocycles. The molecular weight excluding hydrogens is 200 g/mol. The van der Waals surface area contributed by atoms with E-state index in [2.05, 4.69) is 24.1 Å². The highest BCUT2D eigenvalue weighted by Crippen LogP contribution is 2.26. The standard InChI is InChI=1S/C13H24N2O/c1-10(2)9-13(16)15-8-7-14-11-5-3-4-6-12(11)15/h10-12,14H,3-9H2,1-2H3. The van der Waals surface area contributed by atoms with Crippen LogP contribution < -0.4 is 5.32 Å². The Morgan fingerprint density at radius 3 is 2.88 bits per heavy atom. The van der Waals surface area contributed by atoms with E-state index in [9.17, 15) is 4.79 Å². The van der Waals surface area contributed by atoms with Gasteiger partial charge in [-0.05, 0) is 18.8 Å². The Balaban J connectivity index is 1.99. The number of carbonyl (C=O) groups is 1. The van der Waals surface area contributed by atoms with E-state index in [-0.39, 0.29) is 0 Å². The zero-order valence-electron chi connectivity index (χ0n) is 10.5. The van der Waals surface area contributed by atoms with E-state index < -0.39 is 0 Å². The second-order valence-corrected chi connectivity index (χ2v) is 5.60. The molecule has 2 atom stereocenters. The van der Waals surface area contributed by atoms with Gasteiger partial charge >= 0.3 is 0 Å². The summed E-state index contributed by atoms with van der Waals surface area (Å²) in [4.78, 5) is 14.3. The number of hydrogen-bond donors (Lipinski definition) is 1. The van der Waals surface area contributed by atoms with Crippen LogP contribution >= 0.6 is 0 Å². The molecule has 0 radical (unpaired) electrons. The largest absolute Gasteiger partial charge is 0.337 e. The lowest BCUT2D eigenvalue weighted by Gasteiger charge is -2.44. The van der Waals surface area contributed by atoms with Crippen LogP contribution in [0.3, 0.4) is 0 Å². The Morgan fingerprint density at radius 1 is 1.38 bits per heavy atom. The van der Waals surface area contributed by atoms with E-state index in [4.69, 9.17) is 0 Å². The zero-order chi connectivity index (χ0) is 11.5. The summed E-state index contributed by atoms with van der Waals surface area (Å²) in [5, 5.41) is 3.57. The van der Waals surface area contributed by atoms with E-state index in [0.717, 1.165) is 13.1 Å². The third-order valence-corrected chi connectivity index (χ3v) is 3.79. The molecule has 2 aliphatic rings. The minimum Gasteiger partial charge on any atom is -0.337 e. The molecule has 1 aliphatic carbocycles. The number of rotatable bonds is 2. The van der Waals surface area contributed by atoms with Crippen LogP contribution in [0.4, 0.5) is 0 Å². The Hall–Kier alpha value is -0.570.